The average Bonchev–Trinajstić information content (AvgIpc) is 2.39. The first-order valence-electron chi connectivity index (χ1n) is 4.52. The van der Waals surface area contributed by atoms with E-state index in [0.29, 0.717) is 24.7 Å². The Morgan fingerprint density at radius 3 is 2.25 bits per heavy atom. The predicted octanol–water partition coefficient (Wildman–Crippen LogP) is 2.43. The van der Waals surface area contributed by atoms with Gasteiger partial charge in [-0.05, 0) is 0 Å². The van der Waals surface area contributed by atoms with Crippen molar-refractivity contribution in [3.05, 3.63) is 17.2 Å². The molecule has 0 saturated carbocycles. The highest BCUT2D eigenvalue weighted by Gasteiger charge is 2.20. The number of halogens is 2. The first-order valence-corrected chi connectivity index (χ1v) is 7.21. The normalized spacial score (nSPS) is 15.6. The molecule has 0 amide bonds. The van der Waals surface area contributed by atoms with Gasteiger partial charge in [0.1, 0.15) is 4.90 Å². The summed E-state index contributed by atoms with van der Waals surface area (Å²) in [6.07, 6.45) is 0.731. The van der Waals surface area contributed by atoms with Gasteiger partial charge in [-0.15, -0.1) is 0 Å². The van der Waals surface area contributed by atoms with Crippen LogP contribution in [0.5, 0.6) is 11.5 Å². The van der Waals surface area contributed by atoms with Crippen LogP contribution in [0.1, 0.15) is 6.42 Å². The van der Waals surface area contributed by atoms with E-state index in [2.05, 4.69) is 0 Å². The van der Waals surface area contributed by atoms with E-state index < -0.39 is 9.05 Å². The van der Waals surface area contributed by atoms with Crippen molar-refractivity contribution in [2.24, 2.45) is 0 Å². The molecule has 7 heteroatoms. The van der Waals surface area contributed by atoms with Crippen molar-refractivity contribution in [3.63, 3.8) is 0 Å². The lowest BCUT2D eigenvalue weighted by atomic mass is 10.3. The Kier molecular flexibility index (Phi) is 3.19. The van der Waals surface area contributed by atoms with Crippen molar-refractivity contribution >= 4 is 31.3 Å². The second-order valence-corrected chi connectivity index (χ2v) is 6.16. The fourth-order valence-electron chi connectivity index (χ4n) is 1.35. The van der Waals surface area contributed by atoms with Crippen LogP contribution >= 0.6 is 22.3 Å². The van der Waals surface area contributed by atoms with Gasteiger partial charge >= 0.3 is 0 Å². The summed E-state index contributed by atoms with van der Waals surface area (Å²) in [5.41, 5.74) is 0. The number of rotatable bonds is 1. The zero-order valence-corrected chi connectivity index (χ0v) is 10.4. The van der Waals surface area contributed by atoms with Crippen LogP contribution < -0.4 is 9.47 Å². The van der Waals surface area contributed by atoms with Crippen LogP contribution in [0.25, 0.3) is 0 Å². The quantitative estimate of drug-likeness (QED) is 0.743. The lowest BCUT2D eigenvalue weighted by molar-refractivity contribution is 0.297. The summed E-state index contributed by atoms with van der Waals surface area (Å²) in [7, 11) is 1.36. The molecule has 0 atom stereocenters. The summed E-state index contributed by atoms with van der Waals surface area (Å²) in [4.78, 5) is -0.167. The van der Waals surface area contributed by atoms with Crippen molar-refractivity contribution in [1.82, 2.24) is 0 Å². The van der Waals surface area contributed by atoms with E-state index in [1.54, 1.807) is 0 Å². The number of benzene rings is 1. The van der Waals surface area contributed by atoms with Crippen molar-refractivity contribution < 1.29 is 17.9 Å². The standard InChI is InChI=1S/C9H8Cl2O4S/c10-6-4-7-8(15-3-1-2-14-7)5-9(6)16(11,12)13/h4-5H,1-3H2. The molecule has 16 heavy (non-hydrogen) atoms. The van der Waals surface area contributed by atoms with Crippen LogP contribution in [0.4, 0.5) is 0 Å². The van der Waals surface area contributed by atoms with E-state index >= 15 is 0 Å². The van der Waals surface area contributed by atoms with E-state index in [4.69, 9.17) is 31.8 Å². The van der Waals surface area contributed by atoms with Gasteiger partial charge in [0.15, 0.2) is 11.5 Å². The van der Waals surface area contributed by atoms with Crippen molar-refractivity contribution in [2.45, 2.75) is 11.3 Å². The number of ether oxygens (including phenoxy) is 2. The SMILES string of the molecule is O=S(=O)(Cl)c1cc2c(cc1Cl)OCCCO2. The maximum Gasteiger partial charge on any atom is 0.262 e. The molecule has 4 nitrogen and oxygen atoms in total. The third kappa shape index (κ3) is 2.36. The average molecular weight is 283 g/mol. The van der Waals surface area contributed by atoms with Gasteiger partial charge in [0.2, 0.25) is 0 Å². The van der Waals surface area contributed by atoms with Crippen LogP contribution in [-0.4, -0.2) is 21.6 Å². The molecule has 88 valence electrons. The maximum atomic E-state index is 11.2. The summed E-state index contributed by atoms with van der Waals surface area (Å²) < 4.78 is 33.1. The van der Waals surface area contributed by atoms with E-state index in [1.165, 1.54) is 12.1 Å². The van der Waals surface area contributed by atoms with Gasteiger partial charge in [0, 0.05) is 29.2 Å². The number of hydrogen-bond acceptors (Lipinski definition) is 4. The smallest absolute Gasteiger partial charge is 0.262 e. The lowest BCUT2D eigenvalue weighted by Crippen LogP contribution is -1.97. The third-order valence-electron chi connectivity index (χ3n) is 2.06. The first kappa shape index (κ1) is 11.8. The molecule has 2 rings (SSSR count). The summed E-state index contributed by atoms with van der Waals surface area (Å²) in [6.45, 7) is 0.979. The molecule has 0 radical (unpaired) electrons. The Morgan fingerprint density at radius 2 is 1.69 bits per heavy atom. The van der Waals surface area contributed by atoms with Gasteiger partial charge < -0.3 is 9.47 Å². The fourth-order valence-corrected chi connectivity index (χ4v) is 2.85. The molecule has 1 aromatic carbocycles. The van der Waals surface area contributed by atoms with Crippen LogP contribution in [0, 0.1) is 0 Å². The molecule has 0 saturated heterocycles. The summed E-state index contributed by atoms with van der Waals surface area (Å²) in [5.74, 6) is 0.785. The Labute approximate surface area is 102 Å². The predicted molar refractivity (Wildman–Crippen MR) is 60.1 cm³/mol. The molecule has 0 bridgehead atoms. The Balaban J connectivity index is 2.56. The van der Waals surface area contributed by atoms with Gasteiger partial charge in [-0.3, -0.25) is 0 Å². The van der Waals surface area contributed by atoms with Crippen molar-refractivity contribution in [3.8, 4) is 11.5 Å². The maximum absolute atomic E-state index is 11.2. The molecular formula is C9H8Cl2O4S. The zero-order valence-electron chi connectivity index (χ0n) is 8.07. The van der Waals surface area contributed by atoms with Crippen molar-refractivity contribution in [2.75, 3.05) is 13.2 Å². The van der Waals surface area contributed by atoms with E-state index in [1.807, 2.05) is 0 Å². The molecule has 0 aromatic heterocycles. The summed E-state index contributed by atoms with van der Waals surface area (Å²) in [6, 6.07) is 2.68. The van der Waals surface area contributed by atoms with Crippen LogP contribution in [0.3, 0.4) is 0 Å². The molecule has 0 N–H and O–H groups in total. The van der Waals surface area contributed by atoms with Gasteiger partial charge in [0.05, 0.1) is 18.2 Å². The highest BCUT2D eigenvalue weighted by atomic mass is 35.7. The topological polar surface area (TPSA) is 52.6 Å². The number of hydrogen-bond donors (Lipinski definition) is 0. The Hall–Kier alpha value is -0.650. The monoisotopic (exact) mass is 282 g/mol. The van der Waals surface area contributed by atoms with E-state index in [9.17, 15) is 8.42 Å². The Morgan fingerprint density at radius 1 is 1.12 bits per heavy atom. The molecular weight excluding hydrogens is 275 g/mol. The third-order valence-corrected chi connectivity index (χ3v) is 3.85. The highest BCUT2D eigenvalue weighted by Crippen LogP contribution is 2.37. The first-order chi connectivity index (χ1) is 7.48. The van der Waals surface area contributed by atoms with E-state index in [-0.39, 0.29) is 9.92 Å². The molecule has 0 aliphatic carbocycles. The van der Waals surface area contributed by atoms with Gasteiger partial charge in [-0.1, -0.05) is 11.6 Å². The largest absolute Gasteiger partial charge is 0.490 e. The molecule has 0 spiro atoms. The number of fused-ring (bicyclic) bond motifs is 1. The minimum Gasteiger partial charge on any atom is -0.490 e. The highest BCUT2D eigenvalue weighted by molar-refractivity contribution is 8.13. The van der Waals surface area contributed by atoms with Gasteiger partial charge in [0.25, 0.3) is 9.05 Å². The van der Waals surface area contributed by atoms with Gasteiger partial charge in [-0.2, -0.15) is 0 Å². The molecule has 1 aliphatic heterocycles. The van der Waals surface area contributed by atoms with Crippen molar-refractivity contribution in [1.29, 1.82) is 0 Å². The van der Waals surface area contributed by atoms with Crippen LogP contribution in [-0.2, 0) is 9.05 Å². The van der Waals surface area contributed by atoms with E-state index in [0.717, 1.165) is 6.42 Å². The minimum absolute atomic E-state index is 0.0271. The lowest BCUT2D eigenvalue weighted by Gasteiger charge is -2.09. The molecule has 1 aromatic rings. The second kappa shape index (κ2) is 4.31. The van der Waals surface area contributed by atoms with Crippen LogP contribution in [0.2, 0.25) is 5.02 Å². The zero-order chi connectivity index (χ0) is 11.8. The Bertz CT molecular complexity index is 512. The fraction of sp³-hybridized carbons (Fsp3) is 0.333. The molecule has 0 unspecified atom stereocenters. The van der Waals surface area contributed by atoms with Gasteiger partial charge in [-0.25, -0.2) is 8.42 Å². The summed E-state index contributed by atoms with van der Waals surface area (Å²) >= 11 is 5.80. The van der Waals surface area contributed by atoms with Crippen LogP contribution in [0.15, 0.2) is 17.0 Å². The minimum atomic E-state index is -3.87. The second-order valence-electron chi connectivity index (χ2n) is 3.22. The molecule has 1 aliphatic rings. The molecule has 1 heterocycles. The molecule has 0 fully saturated rings. The summed E-state index contributed by atoms with van der Waals surface area (Å²) in [5, 5.41) is 0.0271.